The molecule has 2 N–H and O–H groups in total. The fraction of sp³-hybridized carbons (Fsp3) is 1.00. The number of hydrogen-bond donors (Lipinski definition) is 2. The summed E-state index contributed by atoms with van der Waals surface area (Å²) in [7, 11) is 0. The van der Waals surface area contributed by atoms with Crippen LogP contribution in [0.1, 0.15) is 19.3 Å². The molecule has 0 amide bonds. The summed E-state index contributed by atoms with van der Waals surface area (Å²) in [5, 5.41) is 6.81. The minimum Gasteiger partial charge on any atom is -0.317 e. The average Bonchev–Trinajstić information content (AvgIpc) is 2.08. The van der Waals surface area contributed by atoms with Crippen LogP contribution in [-0.2, 0) is 0 Å². The molecular weight excluding hydrogens is 124 g/mol. The van der Waals surface area contributed by atoms with Crippen LogP contribution in [0.25, 0.3) is 0 Å². The Bertz CT molecular complexity index is 108. The van der Waals surface area contributed by atoms with Crippen molar-refractivity contribution in [3.05, 3.63) is 0 Å². The predicted octanol–water partition coefficient (Wildman–Crippen LogP) is 0.349. The molecular formula is C8H16N2. The molecule has 0 bridgehead atoms. The minimum absolute atomic E-state index is 0.712. The molecule has 0 saturated carbocycles. The van der Waals surface area contributed by atoms with Crippen molar-refractivity contribution in [1.29, 1.82) is 0 Å². The predicted molar refractivity (Wildman–Crippen MR) is 42.0 cm³/mol. The molecule has 0 aromatic carbocycles. The molecule has 0 aliphatic carbocycles. The Morgan fingerprint density at radius 1 is 0.900 bits per heavy atom. The molecule has 58 valence electrons. The Morgan fingerprint density at radius 3 is 2.50 bits per heavy atom. The second-order valence-electron chi connectivity index (χ2n) is 3.71. The molecule has 0 aromatic rings. The first kappa shape index (κ1) is 6.62. The van der Waals surface area contributed by atoms with Crippen LogP contribution < -0.4 is 10.6 Å². The first-order valence-electron chi connectivity index (χ1n) is 4.33. The van der Waals surface area contributed by atoms with Crippen LogP contribution in [-0.4, -0.2) is 26.2 Å². The highest BCUT2D eigenvalue weighted by Gasteiger charge is 2.36. The van der Waals surface area contributed by atoms with Crippen molar-refractivity contribution in [3.63, 3.8) is 0 Å². The van der Waals surface area contributed by atoms with E-state index in [0.717, 1.165) is 0 Å². The lowest BCUT2D eigenvalue weighted by Gasteiger charge is -2.42. The van der Waals surface area contributed by atoms with Gasteiger partial charge < -0.3 is 10.6 Å². The van der Waals surface area contributed by atoms with Crippen molar-refractivity contribution in [2.75, 3.05) is 26.2 Å². The number of hydrogen-bond acceptors (Lipinski definition) is 2. The van der Waals surface area contributed by atoms with E-state index >= 15 is 0 Å². The lowest BCUT2D eigenvalue weighted by atomic mass is 9.75. The Hall–Kier alpha value is -0.0800. The van der Waals surface area contributed by atoms with Crippen LogP contribution >= 0.6 is 0 Å². The van der Waals surface area contributed by atoms with Crippen LogP contribution in [0.3, 0.4) is 0 Å². The normalized spacial score (nSPS) is 31.2. The highest BCUT2D eigenvalue weighted by Crippen LogP contribution is 2.32. The first-order valence-corrected chi connectivity index (χ1v) is 4.33. The number of nitrogens with one attached hydrogen (secondary N) is 2. The van der Waals surface area contributed by atoms with Gasteiger partial charge in [-0.1, -0.05) is 0 Å². The first-order chi connectivity index (χ1) is 4.91. The van der Waals surface area contributed by atoms with Gasteiger partial charge in [-0.15, -0.1) is 0 Å². The maximum Gasteiger partial charge on any atom is 0.00207 e. The largest absolute Gasteiger partial charge is 0.317 e. The molecule has 2 rings (SSSR count). The molecule has 2 nitrogen and oxygen atoms in total. The molecule has 2 aliphatic rings. The van der Waals surface area contributed by atoms with E-state index in [1.54, 1.807) is 0 Å². The van der Waals surface area contributed by atoms with Gasteiger partial charge in [0, 0.05) is 13.1 Å². The SMILES string of the molecule is C1CNCCC2(C1)CNC2. The molecule has 10 heavy (non-hydrogen) atoms. The molecule has 0 atom stereocenters. The topological polar surface area (TPSA) is 24.1 Å². The van der Waals surface area contributed by atoms with Crippen LogP contribution in [0.15, 0.2) is 0 Å². The van der Waals surface area contributed by atoms with E-state index in [9.17, 15) is 0 Å². The van der Waals surface area contributed by atoms with Crippen molar-refractivity contribution in [2.45, 2.75) is 19.3 Å². The fourth-order valence-corrected chi connectivity index (χ4v) is 2.02. The third-order valence-corrected chi connectivity index (χ3v) is 2.89. The van der Waals surface area contributed by atoms with Crippen LogP contribution in [0.5, 0.6) is 0 Å². The summed E-state index contributed by atoms with van der Waals surface area (Å²) < 4.78 is 0. The van der Waals surface area contributed by atoms with Gasteiger partial charge in [0.1, 0.15) is 0 Å². The smallest absolute Gasteiger partial charge is 0.00207 e. The lowest BCUT2D eigenvalue weighted by molar-refractivity contribution is 0.147. The van der Waals surface area contributed by atoms with Crippen molar-refractivity contribution < 1.29 is 0 Å². The van der Waals surface area contributed by atoms with Crippen molar-refractivity contribution >= 4 is 0 Å². The summed E-state index contributed by atoms with van der Waals surface area (Å²) in [5.41, 5.74) is 0.712. The van der Waals surface area contributed by atoms with Gasteiger partial charge in [-0.25, -0.2) is 0 Å². The maximum absolute atomic E-state index is 3.44. The highest BCUT2D eigenvalue weighted by molar-refractivity contribution is 4.93. The zero-order valence-corrected chi connectivity index (χ0v) is 6.45. The second-order valence-corrected chi connectivity index (χ2v) is 3.71. The molecule has 0 radical (unpaired) electrons. The lowest BCUT2D eigenvalue weighted by Crippen LogP contribution is -2.53. The van der Waals surface area contributed by atoms with Crippen molar-refractivity contribution in [1.82, 2.24) is 10.6 Å². The molecule has 2 fully saturated rings. The summed E-state index contributed by atoms with van der Waals surface area (Å²) in [6.45, 7) is 5.02. The standard InChI is InChI=1S/C8H16N2/c1-2-8(6-10-7-8)3-5-9-4-1/h9-10H,1-7H2. The van der Waals surface area contributed by atoms with Crippen LogP contribution in [0.2, 0.25) is 0 Å². The Labute approximate surface area is 62.4 Å². The summed E-state index contributed by atoms with van der Waals surface area (Å²) in [5.74, 6) is 0. The third-order valence-electron chi connectivity index (χ3n) is 2.89. The average molecular weight is 140 g/mol. The number of rotatable bonds is 0. The van der Waals surface area contributed by atoms with E-state index in [0.29, 0.717) is 5.41 Å². The second kappa shape index (κ2) is 2.51. The van der Waals surface area contributed by atoms with E-state index in [4.69, 9.17) is 0 Å². The van der Waals surface area contributed by atoms with E-state index < -0.39 is 0 Å². The zero-order chi connectivity index (χ0) is 6.86. The fourth-order valence-electron chi connectivity index (χ4n) is 2.02. The molecule has 2 heteroatoms. The van der Waals surface area contributed by atoms with E-state index in [1.807, 2.05) is 0 Å². The van der Waals surface area contributed by atoms with E-state index in [2.05, 4.69) is 10.6 Å². The van der Waals surface area contributed by atoms with Gasteiger partial charge in [-0.05, 0) is 37.8 Å². The van der Waals surface area contributed by atoms with Gasteiger partial charge in [-0.2, -0.15) is 0 Å². The van der Waals surface area contributed by atoms with Crippen molar-refractivity contribution in [3.8, 4) is 0 Å². The highest BCUT2D eigenvalue weighted by atomic mass is 15.0. The van der Waals surface area contributed by atoms with Gasteiger partial charge in [-0.3, -0.25) is 0 Å². The molecule has 0 unspecified atom stereocenters. The van der Waals surface area contributed by atoms with E-state index in [-0.39, 0.29) is 0 Å². The quantitative estimate of drug-likeness (QED) is 0.507. The zero-order valence-electron chi connectivity index (χ0n) is 6.45. The summed E-state index contributed by atoms with van der Waals surface area (Å²) in [6.07, 6.45) is 4.20. The molecule has 2 aliphatic heterocycles. The maximum atomic E-state index is 3.44. The van der Waals surface area contributed by atoms with Gasteiger partial charge in [0.15, 0.2) is 0 Å². The Balaban J connectivity index is 1.92. The third kappa shape index (κ3) is 1.06. The van der Waals surface area contributed by atoms with E-state index in [1.165, 1.54) is 45.4 Å². The Morgan fingerprint density at radius 2 is 1.80 bits per heavy atom. The summed E-state index contributed by atoms with van der Waals surface area (Å²) in [6, 6.07) is 0. The monoisotopic (exact) mass is 140 g/mol. The van der Waals surface area contributed by atoms with Crippen molar-refractivity contribution in [2.24, 2.45) is 5.41 Å². The Kier molecular flexibility index (Phi) is 1.66. The van der Waals surface area contributed by atoms with Gasteiger partial charge in [0.25, 0.3) is 0 Å². The summed E-state index contributed by atoms with van der Waals surface area (Å²) in [4.78, 5) is 0. The van der Waals surface area contributed by atoms with Gasteiger partial charge in [0.05, 0.1) is 0 Å². The molecule has 0 aromatic heterocycles. The van der Waals surface area contributed by atoms with Crippen LogP contribution in [0.4, 0.5) is 0 Å². The molecule has 2 heterocycles. The van der Waals surface area contributed by atoms with Crippen LogP contribution in [0, 0.1) is 5.41 Å². The minimum atomic E-state index is 0.712. The molecule has 1 spiro atoms. The summed E-state index contributed by atoms with van der Waals surface area (Å²) >= 11 is 0. The van der Waals surface area contributed by atoms with Gasteiger partial charge >= 0.3 is 0 Å². The molecule has 2 saturated heterocycles. The van der Waals surface area contributed by atoms with Gasteiger partial charge in [0.2, 0.25) is 0 Å².